The number of fused-ring (bicyclic) bond motifs is 2. The summed E-state index contributed by atoms with van der Waals surface area (Å²) in [4.78, 5) is 14.9. The van der Waals surface area contributed by atoms with Crippen molar-refractivity contribution in [2.45, 2.75) is 37.7 Å². The van der Waals surface area contributed by atoms with Crippen LogP contribution < -0.4 is 4.90 Å². The second kappa shape index (κ2) is 7.51. The molecule has 1 atom stereocenters. The molecule has 0 amide bonds. The number of rotatable bonds is 5. The number of H-pyrrole nitrogens is 1. The van der Waals surface area contributed by atoms with Gasteiger partial charge in [0.2, 0.25) is 0 Å². The molecule has 1 saturated heterocycles. The van der Waals surface area contributed by atoms with E-state index in [0.717, 1.165) is 20.6 Å². The number of hydrogen-bond acceptors (Lipinski definition) is 8. The lowest BCUT2D eigenvalue weighted by molar-refractivity contribution is 0.0987. The van der Waals surface area contributed by atoms with Gasteiger partial charge in [0, 0.05) is 29.2 Å². The van der Waals surface area contributed by atoms with Gasteiger partial charge < -0.3 is 19.7 Å². The number of anilines is 1. The highest BCUT2D eigenvalue weighted by molar-refractivity contribution is 7.90. The number of morpholine rings is 1. The molecule has 1 aliphatic heterocycles. The van der Waals surface area contributed by atoms with Crippen LogP contribution in [0.4, 0.5) is 5.82 Å². The number of aliphatic hydroxyl groups excluding tert-OH is 1. The fourth-order valence-electron chi connectivity index (χ4n) is 4.45. The second-order valence-electron chi connectivity index (χ2n) is 8.70. The third-order valence-electron chi connectivity index (χ3n) is 6.36. The Morgan fingerprint density at radius 3 is 2.85 bits per heavy atom. The number of nitrogens with zero attached hydrogens (tertiary/aromatic N) is 5. The van der Waals surface area contributed by atoms with E-state index in [-0.39, 0.29) is 18.3 Å². The smallest absolute Gasteiger partial charge is 0.258 e. The minimum Gasteiger partial charge on any atom is -0.392 e. The number of hydrogen-bond donors (Lipinski definition) is 2. The predicted octanol–water partition coefficient (Wildman–Crippen LogP) is 2.03. The highest BCUT2D eigenvalue weighted by atomic mass is 32.2. The third kappa shape index (κ3) is 3.30. The lowest BCUT2D eigenvalue weighted by Gasteiger charge is -2.34. The van der Waals surface area contributed by atoms with E-state index >= 15 is 0 Å². The fourth-order valence-corrected chi connectivity index (χ4v) is 6.02. The van der Waals surface area contributed by atoms with Gasteiger partial charge in [-0.05, 0) is 43.5 Å². The minimum atomic E-state index is -3.63. The molecule has 4 aromatic rings. The van der Waals surface area contributed by atoms with Crippen molar-refractivity contribution in [2.75, 3.05) is 24.7 Å². The van der Waals surface area contributed by atoms with E-state index in [9.17, 15) is 13.5 Å². The van der Waals surface area contributed by atoms with Gasteiger partial charge >= 0.3 is 0 Å². The van der Waals surface area contributed by atoms with E-state index in [1.165, 1.54) is 0 Å². The molecule has 2 fully saturated rings. The van der Waals surface area contributed by atoms with Gasteiger partial charge in [0.25, 0.3) is 10.0 Å². The van der Waals surface area contributed by atoms with E-state index in [4.69, 9.17) is 14.7 Å². The van der Waals surface area contributed by atoms with Crippen LogP contribution in [0.1, 0.15) is 25.3 Å². The summed E-state index contributed by atoms with van der Waals surface area (Å²) in [6.45, 7) is 3.66. The maximum Gasteiger partial charge on any atom is 0.258 e. The van der Waals surface area contributed by atoms with Gasteiger partial charge in [-0.1, -0.05) is 0 Å². The van der Waals surface area contributed by atoms with Crippen molar-refractivity contribution in [3.63, 3.8) is 0 Å². The van der Waals surface area contributed by atoms with E-state index in [1.54, 1.807) is 6.20 Å². The largest absolute Gasteiger partial charge is 0.392 e. The zero-order valence-corrected chi connectivity index (χ0v) is 18.9. The number of aromatic nitrogens is 5. The Morgan fingerprint density at radius 2 is 2.09 bits per heavy atom. The molecule has 3 aromatic heterocycles. The summed E-state index contributed by atoms with van der Waals surface area (Å²) in [5.41, 5.74) is 2.56. The van der Waals surface area contributed by atoms with Gasteiger partial charge in [-0.3, -0.25) is 0 Å². The summed E-state index contributed by atoms with van der Waals surface area (Å²) in [5, 5.41) is 15.1. The van der Waals surface area contributed by atoms with Crippen molar-refractivity contribution in [3.05, 3.63) is 36.2 Å². The van der Waals surface area contributed by atoms with Crippen LogP contribution in [0.3, 0.4) is 0 Å². The Balaban J connectivity index is 1.64. The molecule has 2 N–H and O–H groups in total. The molecule has 11 heteroatoms. The summed E-state index contributed by atoms with van der Waals surface area (Å²) >= 11 is 0. The number of aliphatic hydroxyl groups is 1. The zero-order chi connectivity index (χ0) is 22.7. The number of ether oxygens (including phenoxy) is 1. The molecular formula is C22H24N6O4S. The molecule has 6 rings (SSSR count). The summed E-state index contributed by atoms with van der Waals surface area (Å²) in [7, 11) is -3.63. The first-order valence-electron chi connectivity index (χ1n) is 11.0. The van der Waals surface area contributed by atoms with Crippen molar-refractivity contribution in [3.8, 4) is 11.4 Å². The average molecular weight is 469 g/mol. The Morgan fingerprint density at radius 1 is 1.24 bits per heavy atom. The van der Waals surface area contributed by atoms with Crippen molar-refractivity contribution in [1.29, 1.82) is 0 Å². The highest BCUT2D eigenvalue weighted by Crippen LogP contribution is 2.36. The van der Waals surface area contributed by atoms with Crippen LogP contribution in [0.2, 0.25) is 0 Å². The topological polar surface area (TPSA) is 126 Å². The van der Waals surface area contributed by atoms with Crippen molar-refractivity contribution in [1.82, 2.24) is 24.1 Å². The molecule has 0 unspecified atom stereocenters. The summed E-state index contributed by atoms with van der Waals surface area (Å²) in [6.07, 6.45) is 4.64. The first-order chi connectivity index (χ1) is 16.0. The molecule has 0 radical (unpaired) electrons. The zero-order valence-electron chi connectivity index (χ0n) is 18.1. The van der Waals surface area contributed by atoms with Gasteiger partial charge in [-0.25, -0.2) is 18.4 Å². The van der Waals surface area contributed by atoms with Crippen LogP contribution in [0.25, 0.3) is 33.3 Å². The first-order valence-corrected chi connectivity index (χ1v) is 12.5. The Kier molecular flexibility index (Phi) is 4.68. The first kappa shape index (κ1) is 20.6. The summed E-state index contributed by atoms with van der Waals surface area (Å²) < 4.78 is 32.9. The van der Waals surface area contributed by atoms with Gasteiger partial charge in [-0.15, -0.1) is 4.09 Å². The van der Waals surface area contributed by atoms with Gasteiger partial charge in [0.15, 0.2) is 11.5 Å². The number of aromatic amines is 1. The summed E-state index contributed by atoms with van der Waals surface area (Å²) in [5.74, 6) is 1.03. The maximum atomic E-state index is 13.1. The number of nitrogens with one attached hydrogen (secondary N) is 1. The monoisotopic (exact) mass is 468 g/mol. The molecular weight excluding hydrogens is 444 g/mol. The van der Waals surface area contributed by atoms with Gasteiger partial charge in [0.1, 0.15) is 5.82 Å². The fraction of sp³-hybridized carbons (Fsp3) is 0.409. The van der Waals surface area contributed by atoms with Crippen LogP contribution >= 0.6 is 0 Å². The van der Waals surface area contributed by atoms with Crippen LogP contribution in [0.15, 0.2) is 30.6 Å². The lowest BCUT2D eigenvalue weighted by atomic mass is 10.1. The number of benzene rings is 1. The van der Waals surface area contributed by atoms with E-state index in [2.05, 4.69) is 21.9 Å². The molecule has 10 nitrogen and oxygen atoms in total. The van der Waals surface area contributed by atoms with Crippen LogP contribution in [-0.2, 0) is 21.4 Å². The molecule has 172 valence electrons. The van der Waals surface area contributed by atoms with Crippen LogP contribution in [-0.4, -0.2) is 68.7 Å². The quantitative estimate of drug-likeness (QED) is 0.456. The molecule has 33 heavy (non-hydrogen) atoms. The van der Waals surface area contributed by atoms with Gasteiger partial charge in [0.05, 0.1) is 42.7 Å². The Labute approximate surface area is 190 Å². The van der Waals surface area contributed by atoms with Crippen molar-refractivity contribution in [2.24, 2.45) is 0 Å². The minimum absolute atomic E-state index is 0.0594. The van der Waals surface area contributed by atoms with E-state index in [1.807, 2.05) is 24.4 Å². The molecule has 0 spiro atoms. The van der Waals surface area contributed by atoms with Crippen LogP contribution in [0, 0.1) is 0 Å². The molecule has 1 aliphatic carbocycles. The SMILES string of the molecule is C[C@@H]1COCCN1c1nc(-c2cc(CO)cc3[nH]ccc23)nc2c1cnn2S(=O)(=O)C1CC1. The molecule has 2 aliphatic rings. The molecule has 1 saturated carbocycles. The predicted molar refractivity (Wildman–Crippen MR) is 124 cm³/mol. The summed E-state index contributed by atoms with van der Waals surface area (Å²) in [6, 6.07) is 5.71. The van der Waals surface area contributed by atoms with Gasteiger partial charge in [-0.2, -0.15) is 5.10 Å². The van der Waals surface area contributed by atoms with E-state index in [0.29, 0.717) is 55.2 Å². The van der Waals surface area contributed by atoms with Crippen LogP contribution in [0.5, 0.6) is 0 Å². The molecule has 1 aromatic carbocycles. The molecule has 4 heterocycles. The Bertz CT molecular complexity index is 1470. The van der Waals surface area contributed by atoms with E-state index < -0.39 is 15.3 Å². The average Bonchev–Trinajstić information content (AvgIpc) is 3.43. The Hall–Kier alpha value is -3.02. The normalized spacial score (nSPS) is 19.6. The third-order valence-corrected chi connectivity index (χ3v) is 8.42. The standard InChI is InChI=1S/C22H24N6O4S/c1-13-12-32-7-6-27(13)21-18-10-24-28(33(30,31)15-2-3-15)22(18)26-20(25-21)17-8-14(11-29)9-19-16(17)4-5-23-19/h4-5,8-10,13,15,23,29H,2-3,6-7,11-12H2,1H3/t13-/m1/s1. The highest BCUT2D eigenvalue weighted by Gasteiger charge is 2.39. The van der Waals surface area contributed by atoms with Crippen molar-refractivity contribution < 1.29 is 18.3 Å². The van der Waals surface area contributed by atoms with Crippen molar-refractivity contribution >= 4 is 37.8 Å². The second-order valence-corrected chi connectivity index (χ2v) is 10.7. The molecule has 0 bridgehead atoms. The maximum absolute atomic E-state index is 13.1. The lowest BCUT2D eigenvalue weighted by Crippen LogP contribution is -2.44.